The predicted octanol–water partition coefficient (Wildman–Crippen LogP) is 4.09. The fraction of sp³-hybridized carbons (Fsp3) is 0.231. The van der Waals surface area contributed by atoms with Crippen LogP contribution in [0.3, 0.4) is 0 Å². The minimum Gasteiger partial charge on any atom is -0.399 e. The highest BCUT2D eigenvalue weighted by molar-refractivity contribution is 8.00. The van der Waals surface area contributed by atoms with Gasteiger partial charge >= 0.3 is 0 Å². The molecule has 2 heterocycles. The summed E-state index contributed by atoms with van der Waals surface area (Å²) in [5.74, 6) is 0.863. The van der Waals surface area contributed by atoms with Crippen LogP contribution in [-0.2, 0) is 4.79 Å². The lowest BCUT2D eigenvalue weighted by Gasteiger charge is -2.17. The number of pyridine rings is 1. The highest BCUT2D eigenvalue weighted by Gasteiger charge is 2.19. The van der Waals surface area contributed by atoms with Crippen molar-refractivity contribution in [3.05, 3.63) is 84.4 Å². The molecule has 5 N–H and O–H groups in total. The van der Waals surface area contributed by atoms with Crippen molar-refractivity contribution in [2.45, 2.75) is 30.2 Å². The number of unbranched alkanes of at least 4 members (excludes halogenated alkanes) is 1. The number of H-pyrrole nitrogens is 1. The molecule has 2 aromatic heterocycles. The van der Waals surface area contributed by atoms with Gasteiger partial charge in [-0.2, -0.15) is 0 Å². The number of fused-ring (bicyclic) bond motifs is 1. The molecule has 2 amide bonds. The maximum Gasteiger partial charge on any atom is 0.253 e. The molecule has 180 valence electrons. The number of amides is 2. The fourth-order valence-electron chi connectivity index (χ4n) is 3.62. The number of nitrogens with one attached hydrogen (secondary N) is 3. The van der Waals surface area contributed by atoms with Gasteiger partial charge in [-0.15, -0.1) is 11.8 Å². The number of aromatic amines is 1. The number of benzene rings is 2. The minimum atomic E-state index is -0.285. The van der Waals surface area contributed by atoms with Crippen LogP contribution in [0.5, 0.6) is 0 Å². The molecular formula is C26H28N6O2S. The van der Waals surface area contributed by atoms with Crippen molar-refractivity contribution in [3.8, 4) is 0 Å². The Hall–Kier alpha value is -3.85. The molecule has 0 bridgehead atoms. The molecule has 0 radical (unpaired) electrons. The molecule has 0 aliphatic heterocycles. The Bertz CT molecular complexity index is 1230. The Labute approximate surface area is 208 Å². The van der Waals surface area contributed by atoms with Crippen LogP contribution >= 0.6 is 11.8 Å². The Morgan fingerprint density at radius 1 is 1.03 bits per heavy atom. The molecular weight excluding hydrogens is 460 g/mol. The van der Waals surface area contributed by atoms with E-state index in [1.807, 2.05) is 48.5 Å². The normalized spacial score (nSPS) is 11.8. The number of nitrogen functional groups attached to an aromatic ring is 1. The summed E-state index contributed by atoms with van der Waals surface area (Å²) in [7, 11) is 0. The van der Waals surface area contributed by atoms with Crippen LogP contribution in [0.25, 0.3) is 11.0 Å². The van der Waals surface area contributed by atoms with Gasteiger partial charge in [0.05, 0.1) is 28.4 Å². The second-order valence-electron chi connectivity index (χ2n) is 8.11. The molecule has 4 rings (SSSR count). The standard InChI is InChI=1S/C26H28N6O2S/c27-19-10-12-20(13-11-19)35-17-24(33)29-15-4-3-9-23(32-26(34)18-6-5-14-28-16-18)25-30-21-7-1-2-8-22(21)31-25/h1-2,5-8,10-14,16,23H,3-4,9,15,17,27H2,(H,29,33)(H,30,31)(H,32,34)/t23-/m0/s1. The number of hydrogen-bond acceptors (Lipinski definition) is 6. The van der Waals surface area contributed by atoms with Crippen LogP contribution < -0.4 is 16.4 Å². The Kier molecular flexibility index (Phi) is 8.34. The molecule has 0 saturated carbocycles. The number of hydrogen-bond donors (Lipinski definition) is 4. The van der Waals surface area contributed by atoms with E-state index in [9.17, 15) is 9.59 Å². The van der Waals surface area contributed by atoms with Gasteiger partial charge in [0.2, 0.25) is 5.91 Å². The van der Waals surface area contributed by atoms with Crippen molar-refractivity contribution in [1.29, 1.82) is 0 Å². The maximum atomic E-state index is 12.8. The summed E-state index contributed by atoms with van der Waals surface area (Å²) in [5, 5.41) is 6.04. The maximum absolute atomic E-state index is 12.8. The number of nitrogens with two attached hydrogens (primary N) is 1. The van der Waals surface area contributed by atoms with Crippen LogP contribution in [0, 0.1) is 0 Å². The van der Waals surface area contributed by atoms with Gasteiger partial charge in [0.15, 0.2) is 0 Å². The zero-order valence-electron chi connectivity index (χ0n) is 19.2. The average Bonchev–Trinajstić information content (AvgIpc) is 3.32. The van der Waals surface area contributed by atoms with E-state index in [0.29, 0.717) is 35.8 Å². The van der Waals surface area contributed by atoms with Gasteiger partial charge in [-0.1, -0.05) is 12.1 Å². The van der Waals surface area contributed by atoms with Crippen LogP contribution in [0.2, 0.25) is 0 Å². The van der Waals surface area contributed by atoms with Gasteiger partial charge in [0.1, 0.15) is 5.82 Å². The molecule has 0 fully saturated rings. The van der Waals surface area contributed by atoms with E-state index in [1.165, 1.54) is 11.8 Å². The van der Waals surface area contributed by atoms with Crippen LogP contribution in [0.4, 0.5) is 5.69 Å². The number of aromatic nitrogens is 3. The van der Waals surface area contributed by atoms with E-state index >= 15 is 0 Å². The molecule has 4 aromatic rings. The van der Waals surface area contributed by atoms with E-state index in [1.54, 1.807) is 24.5 Å². The number of thioether (sulfide) groups is 1. The zero-order valence-corrected chi connectivity index (χ0v) is 20.1. The van der Waals surface area contributed by atoms with Crippen molar-refractivity contribution < 1.29 is 9.59 Å². The zero-order chi connectivity index (χ0) is 24.5. The molecule has 2 aromatic carbocycles. The summed E-state index contributed by atoms with van der Waals surface area (Å²) in [6, 6.07) is 18.4. The Morgan fingerprint density at radius 3 is 2.63 bits per heavy atom. The van der Waals surface area contributed by atoms with E-state index in [2.05, 4.69) is 25.6 Å². The summed E-state index contributed by atoms with van der Waals surface area (Å²) in [6.07, 6.45) is 5.46. The minimum absolute atomic E-state index is 0.00876. The first-order valence-corrected chi connectivity index (χ1v) is 12.5. The molecule has 0 aliphatic carbocycles. The van der Waals surface area contributed by atoms with Gasteiger partial charge in [-0.05, 0) is 67.8 Å². The van der Waals surface area contributed by atoms with Crippen LogP contribution in [-0.4, -0.2) is 39.1 Å². The van der Waals surface area contributed by atoms with E-state index in [-0.39, 0.29) is 17.9 Å². The number of para-hydroxylation sites is 2. The predicted molar refractivity (Wildman–Crippen MR) is 139 cm³/mol. The number of nitrogens with zero attached hydrogens (tertiary/aromatic N) is 2. The van der Waals surface area contributed by atoms with Crippen molar-refractivity contribution in [1.82, 2.24) is 25.6 Å². The van der Waals surface area contributed by atoms with Crippen molar-refractivity contribution >= 4 is 40.3 Å². The Balaban J connectivity index is 1.28. The quantitative estimate of drug-likeness (QED) is 0.143. The van der Waals surface area contributed by atoms with Gasteiger partial charge < -0.3 is 21.4 Å². The highest BCUT2D eigenvalue weighted by atomic mass is 32.2. The third kappa shape index (κ3) is 7.07. The van der Waals surface area contributed by atoms with E-state index in [0.717, 1.165) is 28.8 Å². The first kappa shape index (κ1) is 24.3. The van der Waals surface area contributed by atoms with Crippen molar-refractivity contribution in [3.63, 3.8) is 0 Å². The van der Waals surface area contributed by atoms with E-state index < -0.39 is 0 Å². The third-order valence-electron chi connectivity index (χ3n) is 5.46. The highest BCUT2D eigenvalue weighted by Crippen LogP contribution is 2.21. The van der Waals surface area contributed by atoms with Crippen LogP contribution in [0.1, 0.15) is 41.5 Å². The number of carbonyl (C=O) groups is 2. The van der Waals surface area contributed by atoms with Gasteiger partial charge in [0.25, 0.3) is 5.91 Å². The van der Waals surface area contributed by atoms with Crippen LogP contribution in [0.15, 0.2) is 78.0 Å². The van der Waals surface area contributed by atoms with Gasteiger partial charge in [-0.25, -0.2) is 4.98 Å². The second kappa shape index (κ2) is 12.0. The van der Waals surface area contributed by atoms with Gasteiger partial charge in [0, 0.05) is 29.5 Å². The molecule has 35 heavy (non-hydrogen) atoms. The molecule has 0 aliphatic rings. The molecule has 8 nitrogen and oxygen atoms in total. The lowest BCUT2D eigenvalue weighted by molar-refractivity contribution is -0.118. The van der Waals surface area contributed by atoms with E-state index in [4.69, 9.17) is 5.73 Å². The molecule has 0 spiro atoms. The fourth-order valence-corrected chi connectivity index (χ4v) is 4.35. The lowest BCUT2D eigenvalue weighted by Crippen LogP contribution is -2.30. The molecule has 0 unspecified atom stereocenters. The number of carbonyl (C=O) groups excluding carboxylic acids is 2. The summed E-state index contributed by atoms with van der Waals surface area (Å²) in [6.45, 7) is 0.574. The summed E-state index contributed by atoms with van der Waals surface area (Å²) in [5.41, 5.74) is 8.68. The number of rotatable bonds is 11. The summed E-state index contributed by atoms with van der Waals surface area (Å²) < 4.78 is 0. The molecule has 0 saturated heterocycles. The topological polar surface area (TPSA) is 126 Å². The SMILES string of the molecule is Nc1ccc(SCC(=O)NCCCC[C@H](NC(=O)c2cccnc2)c2nc3ccccc3[nH]2)cc1. The monoisotopic (exact) mass is 488 g/mol. The average molecular weight is 489 g/mol. The molecule has 1 atom stereocenters. The number of anilines is 1. The summed E-state index contributed by atoms with van der Waals surface area (Å²) >= 11 is 1.48. The largest absolute Gasteiger partial charge is 0.399 e. The smallest absolute Gasteiger partial charge is 0.253 e. The molecule has 9 heteroatoms. The van der Waals surface area contributed by atoms with Crippen molar-refractivity contribution in [2.24, 2.45) is 0 Å². The van der Waals surface area contributed by atoms with Gasteiger partial charge in [-0.3, -0.25) is 14.6 Å². The Morgan fingerprint density at radius 2 is 1.86 bits per heavy atom. The summed E-state index contributed by atoms with van der Waals surface area (Å²) in [4.78, 5) is 38.0. The first-order valence-electron chi connectivity index (χ1n) is 11.5. The second-order valence-corrected chi connectivity index (χ2v) is 9.16. The first-order chi connectivity index (χ1) is 17.1. The third-order valence-corrected chi connectivity index (χ3v) is 6.47. The lowest BCUT2D eigenvalue weighted by atomic mass is 10.1. The number of imidazole rings is 1. The van der Waals surface area contributed by atoms with Crippen molar-refractivity contribution in [2.75, 3.05) is 18.0 Å².